The van der Waals surface area contributed by atoms with Gasteiger partial charge in [0, 0.05) is 24.5 Å². The topological polar surface area (TPSA) is 29.9 Å². The van der Waals surface area contributed by atoms with Gasteiger partial charge >= 0.3 is 0 Å². The van der Waals surface area contributed by atoms with Crippen LogP contribution < -0.4 is 5.32 Å². The van der Waals surface area contributed by atoms with Crippen LogP contribution in [0.4, 0.5) is 5.69 Å². The summed E-state index contributed by atoms with van der Waals surface area (Å²) in [6, 6.07) is 10.9. The fourth-order valence-corrected chi connectivity index (χ4v) is 3.07. The molecule has 0 aliphatic carbocycles. The van der Waals surface area contributed by atoms with Crippen molar-refractivity contribution in [3.05, 3.63) is 47.3 Å². The number of para-hydroxylation sites is 1. The lowest BCUT2D eigenvalue weighted by Gasteiger charge is -2.26. The molecule has 3 heteroatoms. The molecule has 0 radical (unpaired) electrons. The van der Waals surface area contributed by atoms with Gasteiger partial charge in [0.1, 0.15) is 0 Å². The molecule has 1 unspecified atom stereocenters. The van der Waals surface area contributed by atoms with Gasteiger partial charge in [0.05, 0.1) is 5.69 Å². The van der Waals surface area contributed by atoms with Crippen LogP contribution in [0.5, 0.6) is 0 Å². The molecule has 1 N–H and O–H groups in total. The zero-order valence-electron chi connectivity index (χ0n) is 12.4. The lowest BCUT2D eigenvalue weighted by Crippen LogP contribution is -2.25. The SMILES string of the molecule is CCc1cc(CC2CNc3ccccc3C2)n(CC)n1. The molecule has 2 heterocycles. The van der Waals surface area contributed by atoms with Crippen molar-refractivity contribution in [1.82, 2.24) is 9.78 Å². The van der Waals surface area contributed by atoms with Crippen LogP contribution in [0, 0.1) is 5.92 Å². The zero-order chi connectivity index (χ0) is 13.9. The average Bonchev–Trinajstić information content (AvgIpc) is 2.89. The second-order valence-corrected chi connectivity index (χ2v) is 5.61. The monoisotopic (exact) mass is 269 g/mol. The quantitative estimate of drug-likeness (QED) is 0.923. The lowest BCUT2D eigenvalue weighted by atomic mass is 9.90. The minimum Gasteiger partial charge on any atom is -0.385 e. The summed E-state index contributed by atoms with van der Waals surface area (Å²) in [4.78, 5) is 0. The number of fused-ring (bicyclic) bond motifs is 1. The molecule has 1 aliphatic rings. The van der Waals surface area contributed by atoms with E-state index in [4.69, 9.17) is 0 Å². The van der Waals surface area contributed by atoms with Gasteiger partial charge in [-0.3, -0.25) is 4.68 Å². The van der Waals surface area contributed by atoms with E-state index in [0.717, 1.165) is 25.9 Å². The van der Waals surface area contributed by atoms with Crippen molar-refractivity contribution in [1.29, 1.82) is 0 Å². The molecule has 1 atom stereocenters. The van der Waals surface area contributed by atoms with Gasteiger partial charge in [-0.2, -0.15) is 5.10 Å². The molecule has 0 spiro atoms. The van der Waals surface area contributed by atoms with E-state index >= 15 is 0 Å². The van der Waals surface area contributed by atoms with Gasteiger partial charge in [0.25, 0.3) is 0 Å². The van der Waals surface area contributed by atoms with Crippen LogP contribution in [0.1, 0.15) is 30.8 Å². The number of rotatable bonds is 4. The van der Waals surface area contributed by atoms with Gasteiger partial charge in [-0.15, -0.1) is 0 Å². The Morgan fingerprint density at radius 2 is 2.15 bits per heavy atom. The molecule has 20 heavy (non-hydrogen) atoms. The van der Waals surface area contributed by atoms with E-state index in [1.807, 2.05) is 0 Å². The van der Waals surface area contributed by atoms with E-state index in [2.05, 4.69) is 59.3 Å². The zero-order valence-corrected chi connectivity index (χ0v) is 12.4. The van der Waals surface area contributed by atoms with Crippen molar-refractivity contribution in [2.75, 3.05) is 11.9 Å². The number of benzene rings is 1. The molecule has 106 valence electrons. The summed E-state index contributed by atoms with van der Waals surface area (Å²) < 4.78 is 2.17. The van der Waals surface area contributed by atoms with Crippen molar-refractivity contribution in [3.63, 3.8) is 0 Å². The number of aryl methyl sites for hydroxylation is 2. The number of aromatic nitrogens is 2. The summed E-state index contributed by atoms with van der Waals surface area (Å²) >= 11 is 0. The van der Waals surface area contributed by atoms with E-state index in [1.165, 1.54) is 29.1 Å². The minimum atomic E-state index is 0.664. The Hall–Kier alpha value is -1.77. The summed E-state index contributed by atoms with van der Waals surface area (Å²) in [5, 5.41) is 8.21. The molecule has 2 aromatic rings. The van der Waals surface area contributed by atoms with E-state index in [-0.39, 0.29) is 0 Å². The Balaban J connectivity index is 1.75. The first kappa shape index (κ1) is 13.2. The standard InChI is InChI=1S/C17H23N3/c1-3-15-11-16(20(4-2)19-15)10-13-9-14-7-5-6-8-17(14)18-12-13/h5-8,11,13,18H,3-4,9-10,12H2,1-2H3. The number of anilines is 1. The predicted octanol–water partition coefficient (Wildman–Crippen LogP) is 3.29. The van der Waals surface area contributed by atoms with Crippen molar-refractivity contribution in [2.24, 2.45) is 5.92 Å². The summed E-state index contributed by atoms with van der Waals surface area (Å²) in [5.74, 6) is 0.664. The van der Waals surface area contributed by atoms with Crippen LogP contribution >= 0.6 is 0 Å². The Kier molecular flexibility index (Phi) is 3.77. The second-order valence-electron chi connectivity index (χ2n) is 5.61. The van der Waals surface area contributed by atoms with E-state index in [9.17, 15) is 0 Å². The maximum atomic E-state index is 4.65. The molecule has 3 rings (SSSR count). The Morgan fingerprint density at radius 3 is 2.95 bits per heavy atom. The minimum absolute atomic E-state index is 0.664. The van der Waals surface area contributed by atoms with Gasteiger partial charge < -0.3 is 5.32 Å². The fourth-order valence-electron chi connectivity index (χ4n) is 3.07. The molecule has 0 bridgehead atoms. The first-order valence-corrected chi connectivity index (χ1v) is 7.67. The van der Waals surface area contributed by atoms with Crippen LogP contribution in [-0.2, 0) is 25.8 Å². The Labute approximate surface area is 121 Å². The van der Waals surface area contributed by atoms with E-state index < -0.39 is 0 Å². The Bertz CT molecular complexity index is 586. The van der Waals surface area contributed by atoms with Crippen LogP contribution in [0.15, 0.2) is 30.3 Å². The van der Waals surface area contributed by atoms with E-state index in [1.54, 1.807) is 0 Å². The fraction of sp³-hybridized carbons (Fsp3) is 0.471. The largest absolute Gasteiger partial charge is 0.385 e. The molecule has 1 aliphatic heterocycles. The van der Waals surface area contributed by atoms with Crippen molar-refractivity contribution in [3.8, 4) is 0 Å². The summed E-state index contributed by atoms with van der Waals surface area (Å²) in [5.41, 5.74) is 5.35. The highest BCUT2D eigenvalue weighted by molar-refractivity contribution is 5.53. The normalized spacial score (nSPS) is 17.6. The number of hydrogen-bond donors (Lipinski definition) is 1. The maximum absolute atomic E-state index is 4.65. The van der Waals surface area contributed by atoms with Crippen molar-refractivity contribution in [2.45, 2.75) is 39.7 Å². The van der Waals surface area contributed by atoms with Gasteiger partial charge in [-0.25, -0.2) is 0 Å². The van der Waals surface area contributed by atoms with Gasteiger partial charge in [0.15, 0.2) is 0 Å². The molecule has 0 fully saturated rings. The third-order valence-corrected chi connectivity index (χ3v) is 4.18. The average molecular weight is 269 g/mol. The summed E-state index contributed by atoms with van der Waals surface area (Å²) in [6.07, 6.45) is 3.30. The highest BCUT2D eigenvalue weighted by atomic mass is 15.3. The third-order valence-electron chi connectivity index (χ3n) is 4.18. The lowest BCUT2D eigenvalue weighted by molar-refractivity contribution is 0.500. The molecule has 1 aromatic heterocycles. The van der Waals surface area contributed by atoms with Crippen LogP contribution in [0.3, 0.4) is 0 Å². The first-order chi connectivity index (χ1) is 9.80. The molecule has 1 aromatic carbocycles. The molecular formula is C17H23N3. The predicted molar refractivity (Wildman–Crippen MR) is 83.1 cm³/mol. The molecule has 0 saturated heterocycles. The molecular weight excluding hydrogens is 246 g/mol. The highest BCUT2D eigenvalue weighted by Crippen LogP contribution is 2.26. The van der Waals surface area contributed by atoms with Crippen LogP contribution in [0.25, 0.3) is 0 Å². The van der Waals surface area contributed by atoms with Crippen LogP contribution in [0.2, 0.25) is 0 Å². The third kappa shape index (κ3) is 2.58. The summed E-state index contributed by atoms with van der Waals surface area (Å²) in [6.45, 7) is 6.37. The van der Waals surface area contributed by atoms with Gasteiger partial charge in [0.2, 0.25) is 0 Å². The number of nitrogens with one attached hydrogen (secondary N) is 1. The maximum Gasteiger partial charge on any atom is 0.0624 e. The first-order valence-electron chi connectivity index (χ1n) is 7.67. The molecule has 0 amide bonds. The van der Waals surface area contributed by atoms with Gasteiger partial charge in [-0.05, 0) is 49.8 Å². The second kappa shape index (κ2) is 5.70. The van der Waals surface area contributed by atoms with Crippen LogP contribution in [-0.4, -0.2) is 16.3 Å². The van der Waals surface area contributed by atoms with Gasteiger partial charge in [-0.1, -0.05) is 25.1 Å². The number of nitrogens with zero attached hydrogens (tertiary/aromatic N) is 2. The number of hydrogen-bond acceptors (Lipinski definition) is 2. The smallest absolute Gasteiger partial charge is 0.0624 e. The Morgan fingerprint density at radius 1 is 1.30 bits per heavy atom. The molecule has 3 nitrogen and oxygen atoms in total. The van der Waals surface area contributed by atoms with Crippen molar-refractivity contribution < 1.29 is 0 Å². The molecule has 0 saturated carbocycles. The summed E-state index contributed by atoms with van der Waals surface area (Å²) in [7, 11) is 0. The highest BCUT2D eigenvalue weighted by Gasteiger charge is 2.19. The van der Waals surface area contributed by atoms with Crippen molar-refractivity contribution >= 4 is 5.69 Å². The van der Waals surface area contributed by atoms with E-state index in [0.29, 0.717) is 5.92 Å².